The number of hydrogen-bond donors (Lipinski definition) is 1. The van der Waals surface area contributed by atoms with Gasteiger partial charge in [0.25, 0.3) is 0 Å². The topological polar surface area (TPSA) is 33.1 Å². The highest BCUT2D eigenvalue weighted by Gasteiger charge is 1.81. The summed E-state index contributed by atoms with van der Waals surface area (Å²) in [5.41, 5.74) is 0. The maximum atomic E-state index is 4.76. The zero-order valence-electron chi connectivity index (χ0n) is 4.16. The van der Waals surface area contributed by atoms with Crippen molar-refractivity contribution in [1.29, 1.82) is 0 Å². The monoisotopic (exact) mass is 127 g/mol. The van der Waals surface area contributed by atoms with Crippen LogP contribution >= 0.6 is 12.2 Å². The molecule has 0 aliphatic rings. The quantitative estimate of drug-likeness (QED) is 0.443. The number of hydrogen-bond acceptors (Lipinski definition) is 2. The summed E-state index contributed by atoms with van der Waals surface area (Å²) in [5, 5.41) is 3.56. The Morgan fingerprint density at radius 3 is 2.88 bits per heavy atom. The van der Waals surface area contributed by atoms with E-state index in [0.717, 1.165) is 0 Å². The predicted octanol–water partition coefficient (Wildman–Crippen LogP) is 1.01. The average molecular weight is 127 g/mol. The molecule has 0 aromatic carbocycles. The van der Waals surface area contributed by atoms with Crippen molar-refractivity contribution in [1.82, 2.24) is 9.66 Å². The van der Waals surface area contributed by atoms with Crippen molar-refractivity contribution in [2.24, 2.45) is 5.10 Å². The van der Waals surface area contributed by atoms with E-state index >= 15 is 0 Å². The molecule has 0 spiro atoms. The van der Waals surface area contributed by atoms with Crippen LogP contribution in [0.1, 0.15) is 0 Å². The minimum absolute atomic E-state index is 0.569. The molecule has 1 N–H and O–H groups in total. The second kappa shape index (κ2) is 1.92. The molecule has 1 rings (SSSR count). The minimum Gasteiger partial charge on any atom is -0.336 e. The van der Waals surface area contributed by atoms with Crippen LogP contribution in [0.4, 0.5) is 0 Å². The first-order chi connectivity index (χ1) is 3.84. The van der Waals surface area contributed by atoms with Gasteiger partial charge in [0.2, 0.25) is 0 Å². The van der Waals surface area contributed by atoms with Crippen molar-refractivity contribution in [2.45, 2.75) is 0 Å². The summed E-state index contributed by atoms with van der Waals surface area (Å²) in [6, 6.07) is 0. The Kier molecular flexibility index (Phi) is 1.26. The van der Waals surface area contributed by atoms with E-state index in [1.807, 2.05) is 0 Å². The van der Waals surface area contributed by atoms with E-state index in [-0.39, 0.29) is 0 Å². The Bertz CT molecular complexity index is 233. The molecule has 0 unspecified atom stereocenters. The Morgan fingerprint density at radius 2 is 2.62 bits per heavy atom. The largest absolute Gasteiger partial charge is 0.336 e. The van der Waals surface area contributed by atoms with E-state index < -0.39 is 0 Å². The number of rotatable bonds is 1. The highest BCUT2D eigenvalue weighted by molar-refractivity contribution is 7.71. The van der Waals surface area contributed by atoms with Crippen molar-refractivity contribution in [2.75, 3.05) is 0 Å². The fourth-order valence-electron chi connectivity index (χ4n) is 0.424. The number of nitrogens with zero attached hydrogens (tertiary/aromatic N) is 2. The van der Waals surface area contributed by atoms with E-state index in [0.29, 0.717) is 4.77 Å². The van der Waals surface area contributed by atoms with Gasteiger partial charge in [-0.15, -0.1) is 0 Å². The fraction of sp³-hybridized carbons (Fsp3) is 0. The molecule has 0 aliphatic carbocycles. The van der Waals surface area contributed by atoms with Crippen LogP contribution in [0.2, 0.25) is 0 Å². The Morgan fingerprint density at radius 1 is 1.88 bits per heavy atom. The summed E-state index contributed by atoms with van der Waals surface area (Å²) in [6.45, 7) is 3.29. The van der Waals surface area contributed by atoms with Gasteiger partial charge in [-0.25, -0.2) is 4.68 Å². The van der Waals surface area contributed by atoms with E-state index in [4.69, 9.17) is 12.2 Å². The molecule has 0 saturated carbocycles. The SMILES string of the molecule is C=Nn1cc[nH]c1=S. The Hall–Kier alpha value is -0.900. The number of aromatic amines is 1. The molecule has 0 bridgehead atoms. The smallest absolute Gasteiger partial charge is 0.198 e. The lowest BCUT2D eigenvalue weighted by atomic mass is 11.0. The van der Waals surface area contributed by atoms with Crippen LogP contribution < -0.4 is 0 Å². The van der Waals surface area contributed by atoms with Gasteiger partial charge >= 0.3 is 0 Å². The molecule has 4 heteroatoms. The summed E-state index contributed by atoms with van der Waals surface area (Å²) in [5.74, 6) is 0. The average Bonchev–Trinajstić information content (AvgIpc) is 2.14. The lowest BCUT2D eigenvalue weighted by Crippen LogP contribution is -1.81. The van der Waals surface area contributed by atoms with Crippen LogP contribution in [0, 0.1) is 4.77 Å². The summed E-state index contributed by atoms with van der Waals surface area (Å²) < 4.78 is 2.05. The van der Waals surface area contributed by atoms with Crippen LogP contribution in [-0.2, 0) is 0 Å². The highest BCUT2D eigenvalue weighted by Crippen LogP contribution is 1.85. The summed E-state index contributed by atoms with van der Waals surface area (Å²) >= 11 is 4.76. The van der Waals surface area contributed by atoms with Crippen molar-refractivity contribution in [3.8, 4) is 0 Å². The van der Waals surface area contributed by atoms with Crippen LogP contribution in [0.5, 0.6) is 0 Å². The van der Waals surface area contributed by atoms with Crippen molar-refractivity contribution in [3.63, 3.8) is 0 Å². The number of aromatic nitrogens is 2. The number of imidazole rings is 1. The molecule has 0 aliphatic heterocycles. The molecule has 0 saturated heterocycles. The molecule has 1 heterocycles. The van der Waals surface area contributed by atoms with Gasteiger partial charge in [0, 0.05) is 19.1 Å². The van der Waals surface area contributed by atoms with Crippen LogP contribution in [0.25, 0.3) is 0 Å². The lowest BCUT2D eigenvalue weighted by Gasteiger charge is -1.82. The highest BCUT2D eigenvalue weighted by atomic mass is 32.1. The molecule has 42 valence electrons. The van der Waals surface area contributed by atoms with E-state index in [2.05, 4.69) is 16.8 Å². The zero-order valence-corrected chi connectivity index (χ0v) is 4.98. The zero-order chi connectivity index (χ0) is 5.98. The first kappa shape index (κ1) is 5.24. The third-order valence-corrected chi connectivity index (χ3v) is 1.09. The maximum Gasteiger partial charge on any atom is 0.198 e. The van der Waals surface area contributed by atoms with Crippen LogP contribution in [0.3, 0.4) is 0 Å². The van der Waals surface area contributed by atoms with Crippen molar-refractivity contribution in [3.05, 3.63) is 17.2 Å². The van der Waals surface area contributed by atoms with Crippen molar-refractivity contribution < 1.29 is 0 Å². The molecule has 1 aromatic rings. The summed E-state index contributed by atoms with van der Waals surface area (Å²) in [4.78, 5) is 2.76. The molecular weight excluding hydrogens is 122 g/mol. The minimum atomic E-state index is 0.569. The number of H-pyrrole nitrogens is 1. The van der Waals surface area contributed by atoms with Gasteiger partial charge in [-0.2, -0.15) is 5.10 Å². The molecule has 0 fully saturated rings. The van der Waals surface area contributed by atoms with Crippen LogP contribution in [-0.4, -0.2) is 16.4 Å². The normalized spacial score (nSPS) is 9.00. The molecule has 0 atom stereocenters. The lowest BCUT2D eigenvalue weighted by molar-refractivity contribution is 0.868. The molecule has 8 heavy (non-hydrogen) atoms. The maximum absolute atomic E-state index is 4.76. The Labute approximate surface area is 51.7 Å². The summed E-state index contributed by atoms with van der Waals surface area (Å²) in [7, 11) is 0. The van der Waals surface area contributed by atoms with E-state index in [9.17, 15) is 0 Å². The van der Waals surface area contributed by atoms with Gasteiger partial charge in [0.15, 0.2) is 4.77 Å². The second-order valence-electron chi connectivity index (χ2n) is 1.25. The van der Waals surface area contributed by atoms with Gasteiger partial charge in [-0.3, -0.25) is 0 Å². The molecule has 0 radical (unpaired) electrons. The third kappa shape index (κ3) is 0.696. The standard InChI is InChI=1S/C4H5N3S/c1-5-7-3-2-6-4(7)8/h2-3H,1H2,(H,6,8). The van der Waals surface area contributed by atoms with Gasteiger partial charge in [0.1, 0.15) is 0 Å². The van der Waals surface area contributed by atoms with Gasteiger partial charge in [-0.1, -0.05) is 0 Å². The molecule has 0 amide bonds. The second-order valence-corrected chi connectivity index (χ2v) is 1.64. The predicted molar refractivity (Wildman–Crippen MR) is 34.6 cm³/mol. The first-order valence-corrected chi connectivity index (χ1v) is 2.48. The fourth-order valence-corrected chi connectivity index (χ4v) is 0.611. The first-order valence-electron chi connectivity index (χ1n) is 2.07. The van der Waals surface area contributed by atoms with Crippen molar-refractivity contribution >= 4 is 18.9 Å². The molecular formula is C4H5N3S. The van der Waals surface area contributed by atoms with Gasteiger partial charge in [0.05, 0.1) is 0 Å². The van der Waals surface area contributed by atoms with E-state index in [1.165, 1.54) is 4.68 Å². The molecule has 1 aromatic heterocycles. The van der Waals surface area contributed by atoms with Gasteiger partial charge < -0.3 is 4.98 Å². The van der Waals surface area contributed by atoms with E-state index in [1.54, 1.807) is 12.4 Å². The summed E-state index contributed by atoms with van der Waals surface area (Å²) in [6.07, 6.45) is 3.41. The third-order valence-electron chi connectivity index (χ3n) is 0.783. The Balaban J connectivity index is 3.30. The molecule has 3 nitrogen and oxygen atoms in total. The van der Waals surface area contributed by atoms with Gasteiger partial charge in [-0.05, 0) is 12.2 Å². The number of nitrogens with one attached hydrogen (secondary N) is 1. The van der Waals surface area contributed by atoms with Crippen LogP contribution in [0.15, 0.2) is 17.5 Å².